The average Bonchev–Trinajstić information content (AvgIpc) is 2.40. The number of aromatic carboxylic acids is 1. The van der Waals surface area contributed by atoms with Crippen molar-refractivity contribution >= 4 is 29.3 Å². The van der Waals surface area contributed by atoms with Gasteiger partial charge in [-0.15, -0.1) is 0 Å². The minimum absolute atomic E-state index is 0.0280. The quantitative estimate of drug-likeness (QED) is 0.707. The molecule has 1 aromatic rings. The number of carbonyl (C=O) groups is 3. The van der Waals surface area contributed by atoms with E-state index in [0.717, 1.165) is 6.20 Å². The number of pyridine rings is 1. The summed E-state index contributed by atoms with van der Waals surface area (Å²) in [5.74, 6) is -1.59. The summed E-state index contributed by atoms with van der Waals surface area (Å²) < 4.78 is 0. The number of nitrogens with zero attached hydrogens (tertiary/aromatic N) is 2. The summed E-state index contributed by atoms with van der Waals surface area (Å²) in [5, 5.41) is 14.8. The molecule has 0 saturated heterocycles. The lowest BCUT2D eigenvalue weighted by Gasteiger charge is -2.11. The van der Waals surface area contributed by atoms with E-state index in [1.54, 1.807) is 0 Å². The lowest BCUT2D eigenvalue weighted by molar-refractivity contribution is -0.121. The van der Waals surface area contributed by atoms with Gasteiger partial charge < -0.3 is 10.4 Å². The fourth-order valence-electron chi connectivity index (χ4n) is 1.42. The van der Waals surface area contributed by atoms with E-state index in [1.807, 2.05) is 0 Å². The molecule has 2 amide bonds. The fourth-order valence-corrected chi connectivity index (χ4v) is 1.42. The molecule has 2 heterocycles. The maximum absolute atomic E-state index is 11.7. The monoisotopic (exact) mass is 262 g/mol. The highest BCUT2D eigenvalue weighted by Gasteiger charge is 2.18. The Morgan fingerprint density at radius 3 is 2.63 bits per heavy atom. The number of nitrogens with one attached hydrogen (secondary N) is 2. The van der Waals surface area contributed by atoms with Crippen molar-refractivity contribution in [2.45, 2.75) is 12.8 Å². The van der Waals surface area contributed by atoms with Gasteiger partial charge in [-0.25, -0.2) is 15.2 Å². The van der Waals surface area contributed by atoms with Crippen LogP contribution in [-0.2, 0) is 9.59 Å². The van der Waals surface area contributed by atoms with Crippen LogP contribution in [0, 0.1) is 0 Å². The number of aromatic nitrogens is 1. The van der Waals surface area contributed by atoms with Crippen molar-refractivity contribution in [1.82, 2.24) is 10.4 Å². The van der Waals surface area contributed by atoms with E-state index in [4.69, 9.17) is 5.11 Å². The maximum atomic E-state index is 11.7. The number of carboxylic acid groups (broad SMARTS) is 1. The normalized spacial score (nSPS) is 14.3. The Labute approximate surface area is 107 Å². The van der Waals surface area contributed by atoms with Crippen LogP contribution in [0.4, 0.5) is 5.82 Å². The van der Waals surface area contributed by atoms with E-state index in [0.29, 0.717) is 0 Å². The van der Waals surface area contributed by atoms with E-state index >= 15 is 0 Å². The summed E-state index contributed by atoms with van der Waals surface area (Å²) in [5.41, 5.74) is 2.44. The van der Waals surface area contributed by atoms with Crippen molar-refractivity contribution in [2.24, 2.45) is 5.10 Å². The van der Waals surface area contributed by atoms with Gasteiger partial charge in [0.05, 0.1) is 5.56 Å². The molecule has 1 aliphatic rings. The Bertz CT molecular complexity index is 565. The molecule has 98 valence electrons. The van der Waals surface area contributed by atoms with Gasteiger partial charge in [-0.05, 0) is 12.1 Å². The van der Waals surface area contributed by atoms with Crippen LogP contribution in [0.3, 0.4) is 0 Å². The molecule has 0 atom stereocenters. The van der Waals surface area contributed by atoms with E-state index in [-0.39, 0.29) is 35.8 Å². The molecular weight excluding hydrogens is 252 g/mol. The van der Waals surface area contributed by atoms with E-state index in [1.165, 1.54) is 12.1 Å². The number of hydrazone groups is 1. The van der Waals surface area contributed by atoms with Gasteiger partial charge in [-0.3, -0.25) is 9.59 Å². The Hall–Kier alpha value is -2.77. The first-order chi connectivity index (χ1) is 9.06. The molecule has 0 radical (unpaired) electrons. The first kappa shape index (κ1) is 12.7. The van der Waals surface area contributed by atoms with Crippen LogP contribution in [0.2, 0.25) is 0 Å². The van der Waals surface area contributed by atoms with Crippen LogP contribution in [0.5, 0.6) is 0 Å². The minimum atomic E-state index is -1.09. The maximum Gasteiger partial charge on any atom is 0.337 e. The van der Waals surface area contributed by atoms with Crippen molar-refractivity contribution in [3.8, 4) is 0 Å². The Kier molecular flexibility index (Phi) is 3.51. The average molecular weight is 262 g/mol. The van der Waals surface area contributed by atoms with Crippen LogP contribution in [0.1, 0.15) is 23.2 Å². The number of hydrogen-bond donors (Lipinski definition) is 3. The molecule has 0 spiro atoms. The summed E-state index contributed by atoms with van der Waals surface area (Å²) >= 11 is 0. The molecule has 1 aliphatic heterocycles. The smallest absolute Gasteiger partial charge is 0.337 e. The standard InChI is InChI=1S/C11H10N4O4/c16-9-4-2-7(14-15-9)10(17)13-8-3-1-6(5-12-8)11(18)19/h1,3,5H,2,4H2,(H,15,16)(H,18,19)(H,12,13,17). The number of rotatable bonds is 3. The third-order valence-electron chi connectivity index (χ3n) is 2.42. The lowest BCUT2D eigenvalue weighted by Crippen LogP contribution is -2.32. The highest BCUT2D eigenvalue weighted by atomic mass is 16.4. The molecule has 8 heteroatoms. The number of anilines is 1. The van der Waals surface area contributed by atoms with Gasteiger partial charge in [0.1, 0.15) is 11.5 Å². The molecule has 1 aromatic heterocycles. The van der Waals surface area contributed by atoms with E-state index in [9.17, 15) is 14.4 Å². The molecule has 0 unspecified atom stereocenters. The van der Waals surface area contributed by atoms with Crippen molar-refractivity contribution in [3.05, 3.63) is 23.9 Å². The second-order valence-corrected chi connectivity index (χ2v) is 3.78. The first-order valence-electron chi connectivity index (χ1n) is 5.42. The van der Waals surface area contributed by atoms with Crippen LogP contribution < -0.4 is 10.7 Å². The molecule has 0 bridgehead atoms. The first-order valence-corrected chi connectivity index (χ1v) is 5.42. The van der Waals surface area contributed by atoms with Crippen molar-refractivity contribution in [1.29, 1.82) is 0 Å². The van der Waals surface area contributed by atoms with Gasteiger partial charge in [0.15, 0.2) is 0 Å². The van der Waals surface area contributed by atoms with Crippen molar-refractivity contribution in [2.75, 3.05) is 5.32 Å². The van der Waals surface area contributed by atoms with E-state index in [2.05, 4.69) is 20.8 Å². The molecule has 0 fully saturated rings. The van der Waals surface area contributed by atoms with Crippen molar-refractivity contribution in [3.63, 3.8) is 0 Å². The molecule has 3 N–H and O–H groups in total. The van der Waals surface area contributed by atoms with Crippen LogP contribution in [-0.4, -0.2) is 33.6 Å². The summed E-state index contributed by atoms with van der Waals surface area (Å²) in [4.78, 5) is 37.0. The van der Waals surface area contributed by atoms with Gasteiger partial charge in [-0.2, -0.15) is 5.10 Å². The fraction of sp³-hybridized carbons (Fsp3) is 0.182. The van der Waals surface area contributed by atoms with Crippen LogP contribution in [0.25, 0.3) is 0 Å². The molecule has 0 saturated carbocycles. The Balaban J connectivity index is 2.03. The summed E-state index contributed by atoms with van der Waals surface area (Å²) in [6.07, 6.45) is 1.60. The highest BCUT2D eigenvalue weighted by molar-refractivity contribution is 6.43. The van der Waals surface area contributed by atoms with Crippen LogP contribution >= 0.6 is 0 Å². The summed E-state index contributed by atoms with van der Waals surface area (Å²) in [6, 6.07) is 2.71. The zero-order valence-electron chi connectivity index (χ0n) is 9.71. The largest absolute Gasteiger partial charge is 0.478 e. The van der Waals surface area contributed by atoms with Crippen LogP contribution in [0.15, 0.2) is 23.4 Å². The SMILES string of the molecule is O=C1CCC(C(=O)Nc2ccc(C(=O)O)cn2)=NN1. The zero-order chi connectivity index (χ0) is 13.8. The Morgan fingerprint density at radius 1 is 1.32 bits per heavy atom. The Morgan fingerprint density at radius 2 is 2.11 bits per heavy atom. The lowest BCUT2D eigenvalue weighted by atomic mass is 10.1. The number of carbonyl (C=O) groups excluding carboxylic acids is 2. The third-order valence-corrected chi connectivity index (χ3v) is 2.42. The summed E-state index contributed by atoms with van der Waals surface area (Å²) in [7, 11) is 0. The predicted molar refractivity (Wildman–Crippen MR) is 64.6 cm³/mol. The number of hydrogen-bond acceptors (Lipinski definition) is 5. The van der Waals surface area contributed by atoms with Gasteiger partial charge in [0, 0.05) is 19.0 Å². The molecular formula is C11H10N4O4. The zero-order valence-corrected chi connectivity index (χ0v) is 9.71. The van der Waals surface area contributed by atoms with Gasteiger partial charge in [0.2, 0.25) is 5.91 Å². The second-order valence-electron chi connectivity index (χ2n) is 3.78. The topological polar surface area (TPSA) is 121 Å². The number of carboxylic acids is 1. The highest BCUT2D eigenvalue weighted by Crippen LogP contribution is 2.07. The minimum Gasteiger partial charge on any atom is -0.478 e. The molecule has 2 rings (SSSR count). The third kappa shape index (κ3) is 3.12. The molecule has 8 nitrogen and oxygen atoms in total. The molecule has 0 aliphatic carbocycles. The van der Waals surface area contributed by atoms with Gasteiger partial charge in [-0.1, -0.05) is 0 Å². The molecule has 0 aromatic carbocycles. The predicted octanol–water partition coefficient (Wildman–Crippen LogP) is -0.0157. The van der Waals surface area contributed by atoms with Gasteiger partial charge in [0.25, 0.3) is 5.91 Å². The van der Waals surface area contributed by atoms with E-state index < -0.39 is 11.9 Å². The second kappa shape index (κ2) is 5.25. The molecule has 19 heavy (non-hydrogen) atoms. The van der Waals surface area contributed by atoms with Crippen molar-refractivity contribution < 1.29 is 19.5 Å². The number of amides is 2. The van der Waals surface area contributed by atoms with Gasteiger partial charge >= 0.3 is 5.97 Å². The summed E-state index contributed by atoms with van der Waals surface area (Å²) in [6.45, 7) is 0.